The van der Waals surface area contributed by atoms with Crippen molar-refractivity contribution in [2.75, 3.05) is 6.54 Å². The maximum absolute atomic E-state index is 13.3. The van der Waals surface area contributed by atoms with Gasteiger partial charge in [-0.3, -0.25) is 14.5 Å². The predicted molar refractivity (Wildman–Crippen MR) is 111 cm³/mol. The van der Waals surface area contributed by atoms with Crippen LogP contribution in [0.2, 0.25) is 0 Å². The number of nitrogens with one attached hydrogen (secondary N) is 1. The number of likely N-dealkylation sites (tertiary alicyclic amines) is 1. The van der Waals surface area contributed by atoms with Crippen molar-refractivity contribution in [3.8, 4) is 0 Å². The number of urea groups is 1. The Morgan fingerprint density at radius 1 is 1.04 bits per heavy atom. The summed E-state index contributed by atoms with van der Waals surface area (Å²) in [6, 6.07) is -0.298. The van der Waals surface area contributed by atoms with Crippen LogP contribution in [-0.2, 0) is 9.59 Å². The van der Waals surface area contributed by atoms with E-state index >= 15 is 0 Å². The molecule has 0 aromatic rings. The van der Waals surface area contributed by atoms with E-state index in [1.807, 2.05) is 27.7 Å². The summed E-state index contributed by atoms with van der Waals surface area (Å²) in [4.78, 5) is 41.6. The Balaban J connectivity index is 2.12. The Labute approximate surface area is 169 Å². The standard InChI is InChI=1S/C22H37N3O3/c1-7-9-10-11-12-13-14-24-18(27)22(23-19(24)28)15-20(3,4)25(17(26)8-2)21(5,6)16-22/h8H,2,7,9-16H2,1,3-6H3,(H,23,28). The Kier molecular flexibility index (Phi) is 6.62. The molecule has 0 aromatic heterocycles. The topological polar surface area (TPSA) is 69.7 Å². The first-order chi connectivity index (χ1) is 13.0. The highest BCUT2D eigenvalue weighted by atomic mass is 16.2. The summed E-state index contributed by atoms with van der Waals surface area (Å²) in [5.41, 5.74) is -2.09. The van der Waals surface area contributed by atoms with Crippen molar-refractivity contribution in [3.05, 3.63) is 12.7 Å². The molecule has 158 valence electrons. The molecule has 0 aromatic carbocycles. The predicted octanol–water partition coefficient (Wildman–Crippen LogP) is 4.00. The normalized spacial score (nSPS) is 22.5. The van der Waals surface area contributed by atoms with Crippen molar-refractivity contribution in [1.29, 1.82) is 0 Å². The minimum atomic E-state index is -0.940. The van der Waals surface area contributed by atoms with Crippen molar-refractivity contribution >= 4 is 17.8 Å². The Morgan fingerprint density at radius 3 is 2.11 bits per heavy atom. The van der Waals surface area contributed by atoms with Crippen LogP contribution in [-0.4, -0.2) is 50.8 Å². The van der Waals surface area contributed by atoms with E-state index in [0.29, 0.717) is 19.4 Å². The van der Waals surface area contributed by atoms with Gasteiger partial charge in [-0.25, -0.2) is 4.79 Å². The van der Waals surface area contributed by atoms with Gasteiger partial charge in [-0.1, -0.05) is 45.6 Å². The highest BCUT2D eigenvalue weighted by Crippen LogP contribution is 2.46. The third kappa shape index (κ3) is 4.26. The monoisotopic (exact) mass is 391 g/mol. The van der Waals surface area contributed by atoms with E-state index in [9.17, 15) is 14.4 Å². The van der Waals surface area contributed by atoms with Crippen molar-refractivity contribution in [3.63, 3.8) is 0 Å². The van der Waals surface area contributed by atoms with Crippen LogP contribution in [0.25, 0.3) is 0 Å². The van der Waals surface area contributed by atoms with Crippen LogP contribution in [0.15, 0.2) is 12.7 Å². The molecule has 0 bridgehead atoms. The first-order valence-corrected chi connectivity index (χ1v) is 10.6. The van der Waals surface area contributed by atoms with E-state index in [-0.39, 0.29) is 17.8 Å². The number of imide groups is 1. The minimum absolute atomic E-state index is 0.141. The summed E-state index contributed by atoms with van der Waals surface area (Å²) >= 11 is 0. The lowest BCUT2D eigenvalue weighted by Gasteiger charge is -2.57. The number of amides is 4. The smallest absolute Gasteiger partial charge is 0.325 e. The van der Waals surface area contributed by atoms with Crippen molar-refractivity contribution in [2.45, 2.75) is 103 Å². The maximum atomic E-state index is 13.3. The molecule has 2 rings (SSSR count). The fourth-order valence-electron chi connectivity index (χ4n) is 5.37. The molecule has 0 radical (unpaired) electrons. The SMILES string of the molecule is C=CC(=O)N1C(C)(C)CC2(CC1(C)C)NC(=O)N(CCCCCCCC)C2=O. The largest absolute Gasteiger partial charge is 0.329 e. The highest BCUT2D eigenvalue weighted by molar-refractivity contribution is 6.07. The number of hydrogen-bond donors (Lipinski definition) is 1. The number of hydrogen-bond acceptors (Lipinski definition) is 3. The molecule has 2 saturated heterocycles. The molecular weight excluding hydrogens is 354 g/mol. The van der Waals surface area contributed by atoms with Gasteiger partial charge in [0.05, 0.1) is 0 Å². The molecule has 0 aliphatic carbocycles. The number of carbonyl (C=O) groups is 3. The van der Waals surface area contributed by atoms with Crippen LogP contribution in [0, 0.1) is 0 Å². The van der Waals surface area contributed by atoms with E-state index in [1.54, 1.807) is 4.90 Å². The van der Waals surface area contributed by atoms with E-state index in [2.05, 4.69) is 18.8 Å². The van der Waals surface area contributed by atoms with E-state index < -0.39 is 16.6 Å². The van der Waals surface area contributed by atoms with Gasteiger partial charge in [0.25, 0.3) is 5.91 Å². The number of nitrogens with zero attached hydrogens (tertiary/aromatic N) is 2. The third-order valence-electron chi connectivity index (χ3n) is 6.06. The van der Waals surface area contributed by atoms with Gasteiger partial charge in [0, 0.05) is 30.5 Å². The minimum Gasteiger partial charge on any atom is -0.329 e. The van der Waals surface area contributed by atoms with Crippen LogP contribution >= 0.6 is 0 Å². The van der Waals surface area contributed by atoms with Crippen molar-refractivity contribution in [1.82, 2.24) is 15.1 Å². The van der Waals surface area contributed by atoms with Crippen LogP contribution in [0.3, 0.4) is 0 Å². The molecule has 1 N–H and O–H groups in total. The summed E-state index contributed by atoms with van der Waals surface area (Å²) in [7, 11) is 0. The molecule has 6 nitrogen and oxygen atoms in total. The first-order valence-electron chi connectivity index (χ1n) is 10.6. The Hall–Kier alpha value is -1.85. The second-order valence-electron chi connectivity index (χ2n) is 9.59. The Morgan fingerprint density at radius 2 is 1.57 bits per heavy atom. The van der Waals surface area contributed by atoms with Gasteiger partial charge in [-0.15, -0.1) is 0 Å². The first kappa shape index (κ1) is 22.4. The van der Waals surface area contributed by atoms with Crippen LogP contribution < -0.4 is 5.32 Å². The summed E-state index contributed by atoms with van der Waals surface area (Å²) in [6.45, 7) is 14.1. The zero-order valence-electron chi connectivity index (χ0n) is 18.3. The van der Waals surface area contributed by atoms with Crippen LogP contribution in [0.5, 0.6) is 0 Å². The molecular formula is C22H37N3O3. The second-order valence-corrected chi connectivity index (χ2v) is 9.59. The molecule has 6 heteroatoms. The van der Waals surface area contributed by atoms with E-state index in [4.69, 9.17) is 0 Å². The summed E-state index contributed by atoms with van der Waals surface area (Å²) in [5.74, 6) is -0.288. The zero-order chi connectivity index (χ0) is 21.2. The Bertz CT molecular complexity index is 621. The fraction of sp³-hybridized carbons (Fsp3) is 0.773. The van der Waals surface area contributed by atoms with Crippen LogP contribution in [0.1, 0.15) is 86.0 Å². The number of carbonyl (C=O) groups excluding carboxylic acids is 3. The lowest BCUT2D eigenvalue weighted by atomic mass is 9.68. The van der Waals surface area contributed by atoms with Gasteiger partial charge in [-0.05, 0) is 40.2 Å². The fourth-order valence-corrected chi connectivity index (χ4v) is 5.37. The maximum Gasteiger partial charge on any atom is 0.325 e. The zero-order valence-corrected chi connectivity index (χ0v) is 18.3. The highest BCUT2D eigenvalue weighted by Gasteiger charge is 2.61. The number of unbranched alkanes of at least 4 members (excludes halogenated alkanes) is 5. The molecule has 2 aliphatic rings. The van der Waals surface area contributed by atoms with Gasteiger partial charge >= 0.3 is 6.03 Å². The average Bonchev–Trinajstić information content (AvgIpc) is 2.78. The van der Waals surface area contributed by atoms with Gasteiger partial charge in [-0.2, -0.15) is 0 Å². The second kappa shape index (κ2) is 8.26. The van der Waals surface area contributed by atoms with Gasteiger partial charge < -0.3 is 10.2 Å². The molecule has 1 spiro atoms. The molecule has 4 amide bonds. The van der Waals surface area contributed by atoms with Gasteiger partial charge in [0.15, 0.2) is 0 Å². The molecule has 2 aliphatic heterocycles. The quantitative estimate of drug-likeness (QED) is 0.386. The molecule has 28 heavy (non-hydrogen) atoms. The van der Waals surface area contributed by atoms with Gasteiger partial charge in [0.1, 0.15) is 5.54 Å². The molecule has 0 saturated carbocycles. The summed E-state index contributed by atoms with van der Waals surface area (Å²) in [5, 5.41) is 2.99. The lowest BCUT2D eigenvalue weighted by molar-refractivity contribution is -0.154. The van der Waals surface area contributed by atoms with Gasteiger partial charge in [0.2, 0.25) is 5.91 Å². The molecule has 2 fully saturated rings. The average molecular weight is 392 g/mol. The molecule has 2 heterocycles. The third-order valence-corrected chi connectivity index (χ3v) is 6.06. The van der Waals surface area contributed by atoms with E-state index in [0.717, 1.165) is 19.3 Å². The number of rotatable bonds is 8. The van der Waals surface area contributed by atoms with E-state index in [1.165, 1.54) is 30.2 Å². The van der Waals surface area contributed by atoms with Crippen molar-refractivity contribution < 1.29 is 14.4 Å². The molecule has 0 unspecified atom stereocenters. The summed E-state index contributed by atoms with van der Waals surface area (Å²) in [6.07, 6.45) is 8.78. The summed E-state index contributed by atoms with van der Waals surface area (Å²) < 4.78 is 0. The number of piperidine rings is 1. The molecule has 0 atom stereocenters. The van der Waals surface area contributed by atoms with Crippen LogP contribution in [0.4, 0.5) is 4.79 Å². The lowest BCUT2D eigenvalue weighted by Crippen LogP contribution is -2.70. The van der Waals surface area contributed by atoms with Crippen molar-refractivity contribution in [2.24, 2.45) is 0 Å².